The topological polar surface area (TPSA) is 27.1 Å². The number of thioether (sulfide) groups is 1. The molecule has 0 aliphatic carbocycles. The number of halogens is 4. The number of benzene rings is 2. The average Bonchev–Trinajstić information content (AvgIpc) is 3.02. The average molecular weight is 462 g/mol. The molecule has 0 spiro atoms. The number of hydrogen-bond acceptors (Lipinski definition) is 3. The second-order valence-corrected chi connectivity index (χ2v) is 8.77. The SMILES string of the molecule is Cc1nccn1CC(COc1ccc(Cl)cc1Cl)Sc1c(Cl)cccc1Cl. The first-order valence-corrected chi connectivity index (χ1v) is 10.5. The van der Waals surface area contributed by atoms with Crippen molar-refractivity contribution in [3.63, 3.8) is 0 Å². The highest BCUT2D eigenvalue weighted by Crippen LogP contribution is 2.37. The van der Waals surface area contributed by atoms with Crippen molar-refractivity contribution < 1.29 is 4.74 Å². The second-order valence-electron chi connectivity index (χ2n) is 5.80. The molecule has 1 aromatic heterocycles. The molecule has 2 aromatic carbocycles. The smallest absolute Gasteiger partial charge is 0.138 e. The van der Waals surface area contributed by atoms with Crippen molar-refractivity contribution in [2.45, 2.75) is 23.6 Å². The predicted molar refractivity (Wildman–Crippen MR) is 115 cm³/mol. The molecular weight excluding hydrogens is 446 g/mol. The van der Waals surface area contributed by atoms with Crippen molar-refractivity contribution in [3.8, 4) is 5.75 Å². The molecular formula is C19H16Cl4N2OS. The van der Waals surface area contributed by atoms with Gasteiger partial charge in [0.05, 0.1) is 20.3 Å². The van der Waals surface area contributed by atoms with Crippen molar-refractivity contribution in [1.82, 2.24) is 9.55 Å². The fourth-order valence-corrected chi connectivity index (χ4v) is 4.67. The minimum absolute atomic E-state index is 0.0297. The largest absolute Gasteiger partial charge is 0.491 e. The number of rotatable bonds is 7. The Bertz CT molecular complexity index is 912. The van der Waals surface area contributed by atoms with E-state index in [2.05, 4.69) is 9.55 Å². The van der Waals surface area contributed by atoms with Gasteiger partial charge in [-0.05, 0) is 37.3 Å². The van der Waals surface area contributed by atoms with Gasteiger partial charge in [0.25, 0.3) is 0 Å². The summed E-state index contributed by atoms with van der Waals surface area (Å²) in [6.45, 7) is 3.05. The molecule has 1 heterocycles. The van der Waals surface area contributed by atoms with Crippen LogP contribution in [0.4, 0.5) is 0 Å². The van der Waals surface area contributed by atoms with Crippen LogP contribution in [-0.4, -0.2) is 21.4 Å². The van der Waals surface area contributed by atoms with Gasteiger partial charge in [-0.25, -0.2) is 4.98 Å². The summed E-state index contributed by atoms with van der Waals surface area (Å²) in [6, 6.07) is 10.6. The van der Waals surface area contributed by atoms with E-state index < -0.39 is 0 Å². The Kier molecular flexibility index (Phi) is 7.23. The number of hydrogen-bond donors (Lipinski definition) is 0. The van der Waals surface area contributed by atoms with Crippen LogP contribution in [-0.2, 0) is 6.54 Å². The quantitative estimate of drug-likeness (QED) is 0.353. The van der Waals surface area contributed by atoms with Crippen LogP contribution in [0.1, 0.15) is 5.82 Å². The third kappa shape index (κ3) is 5.49. The molecule has 3 nitrogen and oxygen atoms in total. The lowest BCUT2D eigenvalue weighted by molar-refractivity contribution is 0.307. The van der Waals surface area contributed by atoms with Gasteiger partial charge in [-0.1, -0.05) is 52.5 Å². The van der Waals surface area contributed by atoms with Crippen molar-refractivity contribution in [3.05, 3.63) is 74.7 Å². The van der Waals surface area contributed by atoms with Crippen LogP contribution in [0.15, 0.2) is 53.7 Å². The summed E-state index contributed by atoms with van der Waals surface area (Å²) >= 11 is 26.4. The minimum Gasteiger partial charge on any atom is -0.491 e. The molecule has 0 aliphatic rings. The lowest BCUT2D eigenvalue weighted by Gasteiger charge is -2.20. The summed E-state index contributed by atoms with van der Waals surface area (Å²) < 4.78 is 8.03. The first-order valence-electron chi connectivity index (χ1n) is 8.10. The van der Waals surface area contributed by atoms with Gasteiger partial charge >= 0.3 is 0 Å². The molecule has 1 atom stereocenters. The van der Waals surface area contributed by atoms with Crippen molar-refractivity contribution in [2.75, 3.05) is 6.61 Å². The second kappa shape index (κ2) is 9.44. The lowest BCUT2D eigenvalue weighted by atomic mass is 10.3. The van der Waals surface area contributed by atoms with Crippen molar-refractivity contribution >= 4 is 58.2 Å². The van der Waals surface area contributed by atoms with E-state index in [1.54, 1.807) is 36.2 Å². The zero-order chi connectivity index (χ0) is 19.4. The van der Waals surface area contributed by atoms with Gasteiger partial charge in [0.15, 0.2) is 0 Å². The standard InChI is InChI=1S/C19H16Cl4N2OS/c1-12-24-7-8-25(12)10-14(27-19-15(21)3-2-4-16(19)22)11-26-18-6-5-13(20)9-17(18)23/h2-9,14H,10-11H2,1H3. The van der Waals surface area contributed by atoms with Gasteiger partial charge in [0, 0.05) is 28.9 Å². The molecule has 142 valence electrons. The molecule has 0 fully saturated rings. The van der Waals surface area contributed by atoms with Gasteiger partial charge in [0.1, 0.15) is 18.2 Å². The molecule has 0 radical (unpaired) electrons. The highest BCUT2D eigenvalue weighted by Gasteiger charge is 2.18. The number of imidazole rings is 1. The molecule has 0 bridgehead atoms. The Morgan fingerprint density at radius 3 is 2.44 bits per heavy atom. The van der Waals surface area contributed by atoms with E-state index in [1.807, 2.05) is 31.3 Å². The zero-order valence-electron chi connectivity index (χ0n) is 14.3. The van der Waals surface area contributed by atoms with Crippen LogP contribution in [0.2, 0.25) is 20.1 Å². The highest BCUT2D eigenvalue weighted by molar-refractivity contribution is 8.00. The molecule has 3 aromatic rings. The van der Waals surface area contributed by atoms with Gasteiger partial charge < -0.3 is 9.30 Å². The lowest BCUT2D eigenvalue weighted by Crippen LogP contribution is -2.21. The summed E-state index contributed by atoms with van der Waals surface area (Å²) in [4.78, 5) is 5.11. The molecule has 0 saturated carbocycles. The van der Waals surface area contributed by atoms with Crippen LogP contribution in [0.5, 0.6) is 5.75 Å². The summed E-state index contributed by atoms with van der Waals surface area (Å²) in [5.41, 5.74) is 0. The maximum absolute atomic E-state index is 6.35. The minimum atomic E-state index is 0.0297. The molecule has 0 saturated heterocycles. The molecule has 0 N–H and O–H groups in total. The molecule has 0 amide bonds. The summed E-state index contributed by atoms with van der Waals surface area (Å²) in [5, 5.41) is 2.30. The van der Waals surface area contributed by atoms with E-state index in [1.165, 1.54) is 0 Å². The number of aryl methyl sites for hydroxylation is 1. The Hall–Kier alpha value is -1.04. The van der Waals surface area contributed by atoms with Crippen molar-refractivity contribution in [1.29, 1.82) is 0 Å². The number of aromatic nitrogens is 2. The summed E-state index contributed by atoms with van der Waals surface area (Å²) in [6.07, 6.45) is 3.71. The van der Waals surface area contributed by atoms with E-state index in [0.717, 1.165) is 10.7 Å². The van der Waals surface area contributed by atoms with Crippen LogP contribution >= 0.6 is 58.2 Å². The molecule has 1 unspecified atom stereocenters. The van der Waals surface area contributed by atoms with Gasteiger partial charge in [-0.15, -0.1) is 11.8 Å². The van der Waals surface area contributed by atoms with Gasteiger partial charge in [-0.2, -0.15) is 0 Å². The summed E-state index contributed by atoms with van der Waals surface area (Å²) in [5.74, 6) is 1.51. The molecule has 0 aliphatic heterocycles. The van der Waals surface area contributed by atoms with Crippen LogP contribution in [0, 0.1) is 6.92 Å². The van der Waals surface area contributed by atoms with E-state index in [-0.39, 0.29) is 5.25 Å². The van der Waals surface area contributed by atoms with E-state index in [0.29, 0.717) is 39.0 Å². The van der Waals surface area contributed by atoms with Gasteiger partial charge in [0.2, 0.25) is 0 Å². The fraction of sp³-hybridized carbons (Fsp3) is 0.211. The third-order valence-corrected chi connectivity index (χ3v) is 6.52. The molecule has 3 rings (SSSR count). The zero-order valence-corrected chi connectivity index (χ0v) is 18.2. The summed E-state index contributed by atoms with van der Waals surface area (Å²) in [7, 11) is 0. The fourth-order valence-electron chi connectivity index (χ4n) is 2.48. The predicted octanol–water partition coefficient (Wildman–Crippen LogP) is 7.05. The van der Waals surface area contributed by atoms with Crippen LogP contribution in [0.25, 0.3) is 0 Å². The normalized spacial score (nSPS) is 12.2. The van der Waals surface area contributed by atoms with Gasteiger partial charge in [-0.3, -0.25) is 0 Å². The highest BCUT2D eigenvalue weighted by atomic mass is 35.5. The monoisotopic (exact) mass is 460 g/mol. The van der Waals surface area contributed by atoms with E-state index in [4.69, 9.17) is 51.1 Å². The van der Waals surface area contributed by atoms with E-state index in [9.17, 15) is 0 Å². The maximum atomic E-state index is 6.35. The first-order chi connectivity index (χ1) is 12.9. The van der Waals surface area contributed by atoms with Crippen LogP contribution < -0.4 is 4.74 Å². The molecule has 27 heavy (non-hydrogen) atoms. The number of ether oxygens (including phenoxy) is 1. The van der Waals surface area contributed by atoms with E-state index >= 15 is 0 Å². The Morgan fingerprint density at radius 2 is 1.81 bits per heavy atom. The first kappa shape index (κ1) is 20.7. The number of nitrogens with zero attached hydrogens (tertiary/aromatic N) is 2. The van der Waals surface area contributed by atoms with Crippen LogP contribution in [0.3, 0.4) is 0 Å². The third-order valence-electron chi connectivity index (χ3n) is 3.85. The Labute approximate surface area is 182 Å². The Morgan fingerprint density at radius 1 is 1.07 bits per heavy atom. The molecule has 8 heteroatoms. The van der Waals surface area contributed by atoms with Crippen molar-refractivity contribution in [2.24, 2.45) is 0 Å². The maximum Gasteiger partial charge on any atom is 0.138 e. The Balaban J connectivity index is 1.80.